The van der Waals surface area contributed by atoms with Gasteiger partial charge >= 0.3 is 0 Å². The third kappa shape index (κ3) is 4.15. The first-order valence-corrected chi connectivity index (χ1v) is 5.95. The fourth-order valence-corrected chi connectivity index (χ4v) is 1.63. The van der Waals surface area contributed by atoms with Crippen LogP contribution in [0.5, 0.6) is 0 Å². The first-order valence-electron chi connectivity index (χ1n) is 5.57. The summed E-state index contributed by atoms with van der Waals surface area (Å²) in [4.78, 5) is 13.3. The molecule has 0 aliphatic carbocycles. The highest BCUT2D eigenvalue weighted by Crippen LogP contribution is 2.25. The summed E-state index contributed by atoms with van der Waals surface area (Å²) < 4.78 is 0. The van der Waals surface area contributed by atoms with Gasteiger partial charge in [-0.2, -0.15) is 0 Å². The first-order chi connectivity index (χ1) is 8.04. The van der Waals surface area contributed by atoms with E-state index in [-0.39, 0.29) is 12.5 Å². The molecule has 1 aromatic carbocycles. The summed E-state index contributed by atoms with van der Waals surface area (Å²) in [6.07, 6.45) is 0.925. The predicted molar refractivity (Wildman–Crippen MR) is 72.4 cm³/mol. The normalized spacial score (nSPS) is 10.1. The van der Waals surface area contributed by atoms with Gasteiger partial charge in [0.2, 0.25) is 5.91 Å². The van der Waals surface area contributed by atoms with Gasteiger partial charge in [0.1, 0.15) is 0 Å². The van der Waals surface area contributed by atoms with Crippen molar-refractivity contribution in [1.82, 2.24) is 5.32 Å². The van der Waals surface area contributed by atoms with Crippen LogP contribution in [0, 0.1) is 0 Å². The van der Waals surface area contributed by atoms with Crippen molar-refractivity contribution >= 4 is 28.9 Å². The number of nitrogens with two attached hydrogens (primary N) is 1. The summed E-state index contributed by atoms with van der Waals surface area (Å²) in [5, 5.41) is 3.42. The molecular weight excluding hydrogens is 238 g/mol. The summed E-state index contributed by atoms with van der Waals surface area (Å²) in [6.45, 7) is 2.97. The summed E-state index contributed by atoms with van der Waals surface area (Å²) in [5.41, 5.74) is 7.21. The summed E-state index contributed by atoms with van der Waals surface area (Å²) in [5.74, 6) is -0.0197. The van der Waals surface area contributed by atoms with Crippen molar-refractivity contribution < 1.29 is 4.79 Å². The highest BCUT2D eigenvalue weighted by Gasteiger charge is 2.09. The van der Waals surface area contributed by atoms with Crippen LogP contribution < -0.4 is 16.0 Å². The summed E-state index contributed by atoms with van der Waals surface area (Å²) >= 11 is 5.90. The van der Waals surface area contributed by atoms with Crippen molar-refractivity contribution in [3.8, 4) is 0 Å². The van der Waals surface area contributed by atoms with Crippen LogP contribution in [-0.2, 0) is 4.79 Å². The molecule has 1 aromatic rings. The number of carbonyl (C=O) groups is 1. The van der Waals surface area contributed by atoms with Gasteiger partial charge in [0.25, 0.3) is 0 Å². The third-order valence-electron chi connectivity index (χ3n) is 2.36. The van der Waals surface area contributed by atoms with Crippen LogP contribution in [0.15, 0.2) is 18.2 Å². The zero-order valence-electron chi connectivity index (χ0n) is 10.2. The number of rotatable bonds is 5. The fraction of sp³-hybridized carbons (Fsp3) is 0.417. The Morgan fingerprint density at radius 3 is 2.88 bits per heavy atom. The molecule has 0 bridgehead atoms. The number of benzene rings is 1. The second-order valence-electron chi connectivity index (χ2n) is 3.91. The van der Waals surface area contributed by atoms with Gasteiger partial charge in [0, 0.05) is 18.6 Å². The van der Waals surface area contributed by atoms with Gasteiger partial charge < -0.3 is 16.0 Å². The zero-order chi connectivity index (χ0) is 12.8. The van der Waals surface area contributed by atoms with Crippen LogP contribution >= 0.6 is 11.6 Å². The number of halogens is 1. The maximum Gasteiger partial charge on any atom is 0.239 e. The fourth-order valence-electron chi connectivity index (χ4n) is 1.47. The number of anilines is 2. The quantitative estimate of drug-likeness (QED) is 0.790. The van der Waals surface area contributed by atoms with Gasteiger partial charge in [0.05, 0.1) is 17.9 Å². The number of amides is 1. The maximum absolute atomic E-state index is 11.6. The number of hydrogen-bond donors (Lipinski definition) is 2. The Kier molecular flexibility index (Phi) is 5.10. The number of carbonyl (C=O) groups excluding carboxylic acids is 1. The Labute approximate surface area is 107 Å². The van der Waals surface area contributed by atoms with Crippen LogP contribution in [0.2, 0.25) is 5.02 Å². The van der Waals surface area contributed by atoms with E-state index in [1.54, 1.807) is 23.1 Å². The molecule has 3 N–H and O–H groups in total. The van der Waals surface area contributed by atoms with Gasteiger partial charge in [-0.05, 0) is 24.6 Å². The van der Waals surface area contributed by atoms with E-state index in [1.807, 2.05) is 14.0 Å². The molecule has 5 heteroatoms. The largest absolute Gasteiger partial charge is 0.397 e. The summed E-state index contributed by atoms with van der Waals surface area (Å²) in [6, 6.07) is 5.22. The van der Waals surface area contributed by atoms with E-state index in [0.717, 1.165) is 12.1 Å². The van der Waals surface area contributed by atoms with Crippen LogP contribution in [0.3, 0.4) is 0 Å². The SMILES string of the molecule is CCCNC(=O)CN(C)c1cc(Cl)ccc1N. The van der Waals surface area contributed by atoms with E-state index in [1.165, 1.54) is 0 Å². The molecule has 4 nitrogen and oxygen atoms in total. The van der Waals surface area contributed by atoms with Crippen molar-refractivity contribution in [3.63, 3.8) is 0 Å². The lowest BCUT2D eigenvalue weighted by Crippen LogP contribution is -2.35. The lowest BCUT2D eigenvalue weighted by Gasteiger charge is -2.20. The third-order valence-corrected chi connectivity index (χ3v) is 2.59. The standard InChI is InChI=1S/C12H18ClN3O/c1-3-6-15-12(17)8-16(2)11-7-9(13)4-5-10(11)14/h4-5,7H,3,6,8,14H2,1-2H3,(H,15,17). The molecule has 17 heavy (non-hydrogen) atoms. The monoisotopic (exact) mass is 255 g/mol. The Balaban J connectivity index is 2.66. The van der Waals surface area contributed by atoms with E-state index in [0.29, 0.717) is 17.3 Å². The average molecular weight is 256 g/mol. The molecule has 0 fully saturated rings. The molecule has 0 atom stereocenters. The van der Waals surface area contributed by atoms with Crippen LogP contribution in [0.4, 0.5) is 11.4 Å². The highest BCUT2D eigenvalue weighted by molar-refractivity contribution is 6.31. The predicted octanol–water partition coefficient (Wildman–Crippen LogP) is 1.88. The van der Waals surface area contributed by atoms with Crippen molar-refractivity contribution in [2.75, 3.05) is 30.8 Å². The van der Waals surface area contributed by atoms with Crippen LogP contribution in [-0.4, -0.2) is 26.0 Å². The molecule has 0 heterocycles. The minimum Gasteiger partial charge on any atom is -0.397 e. The van der Waals surface area contributed by atoms with Crippen molar-refractivity contribution in [2.45, 2.75) is 13.3 Å². The van der Waals surface area contributed by atoms with E-state index in [4.69, 9.17) is 17.3 Å². The molecule has 0 unspecified atom stereocenters. The maximum atomic E-state index is 11.6. The molecule has 0 spiro atoms. The molecule has 94 valence electrons. The van der Waals surface area contributed by atoms with Gasteiger partial charge in [-0.3, -0.25) is 4.79 Å². The number of nitrogen functional groups attached to an aromatic ring is 1. The first kappa shape index (κ1) is 13.6. The molecule has 0 saturated carbocycles. The average Bonchev–Trinajstić information content (AvgIpc) is 2.29. The lowest BCUT2D eigenvalue weighted by atomic mass is 10.2. The minimum absolute atomic E-state index is 0.0197. The zero-order valence-corrected chi connectivity index (χ0v) is 10.9. The molecule has 1 rings (SSSR count). The Morgan fingerprint density at radius 2 is 2.24 bits per heavy atom. The number of nitrogens with one attached hydrogen (secondary N) is 1. The molecule has 0 aliphatic heterocycles. The molecule has 0 aromatic heterocycles. The van der Waals surface area contributed by atoms with Crippen LogP contribution in [0.1, 0.15) is 13.3 Å². The molecule has 0 saturated heterocycles. The number of likely N-dealkylation sites (N-methyl/N-ethyl adjacent to an activating group) is 1. The van der Waals surface area contributed by atoms with Crippen molar-refractivity contribution in [2.24, 2.45) is 0 Å². The highest BCUT2D eigenvalue weighted by atomic mass is 35.5. The Morgan fingerprint density at radius 1 is 1.53 bits per heavy atom. The number of hydrogen-bond acceptors (Lipinski definition) is 3. The second-order valence-corrected chi connectivity index (χ2v) is 4.35. The minimum atomic E-state index is -0.0197. The van der Waals surface area contributed by atoms with Crippen LogP contribution in [0.25, 0.3) is 0 Å². The Hall–Kier alpha value is -1.42. The molecule has 1 amide bonds. The topological polar surface area (TPSA) is 58.4 Å². The lowest BCUT2D eigenvalue weighted by molar-refractivity contribution is -0.119. The second kappa shape index (κ2) is 6.35. The van der Waals surface area contributed by atoms with E-state index in [2.05, 4.69) is 5.32 Å². The van der Waals surface area contributed by atoms with Gasteiger partial charge in [-0.15, -0.1) is 0 Å². The molecular formula is C12H18ClN3O. The molecule has 0 radical (unpaired) electrons. The van der Waals surface area contributed by atoms with E-state index in [9.17, 15) is 4.79 Å². The number of nitrogens with zero attached hydrogens (tertiary/aromatic N) is 1. The molecule has 0 aliphatic rings. The van der Waals surface area contributed by atoms with Gasteiger partial charge in [-0.25, -0.2) is 0 Å². The smallest absolute Gasteiger partial charge is 0.239 e. The summed E-state index contributed by atoms with van der Waals surface area (Å²) in [7, 11) is 1.81. The van der Waals surface area contributed by atoms with Gasteiger partial charge in [-0.1, -0.05) is 18.5 Å². The van der Waals surface area contributed by atoms with E-state index >= 15 is 0 Å². The van der Waals surface area contributed by atoms with Crippen molar-refractivity contribution in [1.29, 1.82) is 0 Å². The van der Waals surface area contributed by atoms with Crippen molar-refractivity contribution in [3.05, 3.63) is 23.2 Å². The Bertz CT molecular complexity index is 395. The van der Waals surface area contributed by atoms with Gasteiger partial charge in [0.15, 0.2) is 0 Å². The van der Waals surface area contributed by atoms with E-state index < -0.39 is 0 Å².